The summed E-state index contributed by atoms with van der Waals surface area (Å²) in [7, 11) is 0. The van der Waals surface area contributed by atoms with Crippen molar-refractivity contribution in [1.29, 1.82) is 0 Å². The van der Waals surface area contributed by atoms with Crippen LogP contribution in [-0.2, 0) is 4.74 Å². The number of hydrogen-bond acceptors (Lipinski definition) is 2. The van der Waals surface area contributed by atoms with Crippen molar-refractivity contribution in [3.05, 3.63) is 65.7 Å². The Morgan fingerprint density at radius 2 is 1.87 bits per heavy atom. The Balaban J connectivity index is 1.67. The number of urea groups is 1. The summed E-state index contributed by atoms with van der Waals surface area (Å²) in [5, 5.41) is 2.56. The summed E-state index contributed by atoms with van der Waals surface area (Å²) >= 11 is 0. The predicted molar refractivity (Wildman–Crippen MR) is 82.1 cm³/mol. The highest BCUT2D eigenvalue weighted by Gasteiger charge is 2.25. The standard InChI is InChI=1S/C17H16F2N2O2/c18-13-7-5-12(6-8-13)16-11-21(9-10-23-16)17(22)20-15-4-2-1-3-14(15)19/h1-8,16H,9-11H2,(H,20,22). The van der Waals surface area contributed by atoms with Crippen molar-refractivity contribution in [2.45, 2.75) is 6.10 Å². The van der Waals surface area contributed by atoms with Crippen LogP contribution in [0.2, 0.25) is 0 Å². The van der Waals surface area contributed by atoms with Crippen LogP contribution in [0.4, 0.5) is 19.3 Å². The van der Waals surface area contributed by atoms with Gasteiger partial charge in [-0.2, -0.15) is 0 Å². The number of ether oxygens (including phenoxy) is 1. The normalized spacial score (nSPS) is 17.8. The molecule has 2 amide bonds. The molecule has 0 saturated carbocycles. The maximum absolute atomic E-state index is 13.6. The van der Waals surface area contributed by atoms with Crippen molar-refractivity contribution in [2.24, 2.45) is 0 Å². The van der Waals surface area contributed by atoms with Gasteiger partial charge in [-0.05, 0) is 29.8 Å². The number of nitrogens with zero attached hydrogens (tertiary/aromatic N) is 1. The molecule has 0 aromatic heterocycles. The summed E-state index contributed by atoms with van der Waals surface area (Å²) in [6.07, 6.45) is -0.323. The highest BCUT2D eigenvalue weighted by Crippen LogP contribution is 2.23. The average molecular weight is 318 g/mol. The average Bonchev–Trinajstić information content (AvgIpc) is 2.58. The van der Waals surface area contributed by atoms with E-state index in [0.717, 1.165) is 5.56 Å². The lowest BCUT2D eigenvalue weighted by molar-refractivity contribution is -0.0135. The van der Waals surface area contributed by atoms with Crippen LogP contribution >= 0.6 is 0 Å². The van der Waals surface area contributed by atoms with Crippen LogP contribution in [-0.4, -0.2) is 30.6 Å². The molecule has 2 aromatic rings. The topological polar surface area (TPSA) is 41.6 Å². The molecule has 0 aliphatic carbocycles. The molecule has 1 N–H and O–H groups in total. The number of hydrogen-bond donors (Lipinski definition) is 1. The zero-order chi connectivity index (χ0) is 16.2. The Morgan fingerprint density at radius 3 is 2.61 bits per heavy atom. The van der Waals surface area contributed by atoms with Gasteiger partial charge in [-0.15, -0.1) is 0 Å². The van der Waals surface area contributed by atoms with Crippen LogP contribution in [0.1, 0.15) is 11.7 Å². The van der Waals surface area contributed by atoms with E-state index in [1.807, 2.05) is 0 Å². The minimum atomic E-state index is -0.482. The molecule has 0 radical (unpaired) electrons. The Hall–Kier alpha value is -2.47. The van der Waals surface area contributed by atoms with Gasteiger partial charge in [-0.25, -0.2) is 13.6 Å². The van der Waals surface area contributed by atoms with Crippen molar-refractivity contribution < 1.29 is 18.3 Å². The minimum absolute atomic E-state index is 0.141. The molecule has 6 heteroatoms. The number of halogens is 2. The molecule has 1 aliphatic rings. The van der Waals surface area contributed by atoms with Crippen molar-refractivity contribution in [3.63, 3.8) is 0 Å². The number of carbonyl (C=O) groups is 1. The highest BCUT2D eigenvalue weighted by molar-refractivity contribution is 5.89. The Bertz CT molecular complexity index is 691. The number of nitrogens with one attached hydrogen (secondary N) is 1. The highest BCUT2D eigenvalue weighted by atomic mass is 19.1. The van der Waals surface area contributed by atoms with Crippen LogP contribution < -0.4 is 5.32 Å². The lowest BCUT2D eigenvalue weighted by Crippen LogP contribution is -2.44. The largest absolute Gasteiger partial charge is 0.370 e. The van der Waals surface area contributed by atoms with Crippen LogP contribution in [0, 0.1) is 11.6 Å². The van der Waals surface area contributed by atoms with Crippen molar-refractivity contribution in [1.82, 2.24) is 4.90 Å². The van der Waals surface area contributed by atoms with E-state index in [9.17, 15) is 13.6 Å². The van der Waals surface area contributed by atoms with Gasteiger partial charge in [-0.3, -0.25) is 0 Å². The number of amides is 2. The molecule has 1 atom stereocenters. The van der Waals surface area contributed by atoms with Gasteiger partial charge in [0.2, 0.25) is 0 Å². The van der Waals surface area contributed by atoms with Gasteiger partial charge in [0.25, 0.3) is 0 Å². The molecule has 0 bridgehead atoms. The van der Waals surface area contributed by atoms with E-state index in [4.69, 9.17) is 4.74 Å². The van der Waals surface area contributed by atoms with Crippen molar-refractivity contribution in [2.75, 3.05) is 25.0 Å². The first-order chi connectivity index (χ1) is 11.1. The van der Waals surface area contributed by atoms with Gasteiger partial charge in [0, 0.05) is 6.54 Å². The maximum atomic E-state index is 13.6. The molecule has 1 saturated heterocycles. The third kappa shape index (κ3) is 3.65. The summed E-state index contributed by atoms with van der Waals surface area (Å²) < 4.78 is 32.2. The zero-order valence-corrected chi connectivity index (χ0v) is 12.3. The molecule has 1 unspecified atom stereocenters. The third-order valence-corrected chi connectivity index (χ3v) is 3.71. The third-order valence-electron chi connectivity index (χ3n) is 3.71. The molecule has 120 valence electrons. The summed E-state index contributed by atoms with van der Waals surface area (Å²) in [5.74, 6) is -0.803. The molecule has 2 aromatic carbocycles. The molecule has 4 nitrogen and oxygen atoms in total. The first kappa shape index (κ1) is 15.4. The summed E-state index contributed by atoms with van der Waals surface area (Å²) in [4.78, 5) is 13.8. The number of benzene rings is 2. The smallest absolute Gasteiger partial charge is 0.322 e. The van der Waals surface area contributed by atoms with Crippen LogP contribution in [0.5, 0.6) is 0 Å². The molecule has 1 heterocycles. The summed E-state index contributed by atoms with van der Waals surface area (Å²) in [6, 6.07) is 11.6. The number of para-hydroxylation sites is 1. The number of rotatable bonds is 2. The zero-order valence-electron chi connectivity index (χ0n) is 12.3. The summed E-state index contributed by atoms with van der Waals surface area (Å²) in [5.41, 5.74) is 0.942. The van der Waals surface area contributed by atoms with Crippen LogP contribution in [0.25, 0.3) is 0 Å². The molecule has 0 spiro atoms. The van der Waals surface area contributed by atoms with Crippen LogP contribution in [0.3, 0.4) is 0 Å². The molecule has 3 rings (SSSR count). The Kier molecular flexibility index (Phi) is 4.52. The number of anilines is 1. The first-order valence-corrected chi connectivity index (χ1v) is 7.31. The Labute approximate surface area is 132 Å². The fourth-order valence-electron chi connectivity index (χ4n) is 2.47. The van der Waals surface area contributed by atoms with Crippen LogP contribution in [0.15, 0.2) is 48.5 Å². The lowest BCUT2D eigenvalue weighted by Gasteiger charge is -2.33. The van der Waals surface area contributed by atoms with E-state index in [2.05, 4.69) is 5.32 Å². The number of carbonyl (C=O) groups excluding carboxylic acids is 1. The lowest BCUT2D eigenvalue weighted by atomic mass is 10.1. The second-order valence-electron chi connectivity index (χ2n) is 5.27. The van der Waals surface area contributed by atoms with E-state index in [0.29, 0.717) is 19.7 Å². The van der Waals surface area contributed by atoms with Gasteiger partial charge in [0.15, 0.2) is 0 Å². The molecule has 1 aliphatic heterocycles. The second kappa shape index (κ2) is 6.75. The maximum Gasteiger partial charge on any atom is 0.322 e. The SMILES string of the molecule is O=C(Nc1ccccc1F)N1CCOC(c2ccc(F)cc2)C1. The fourth-order valence-corrected chi connectivity index (χ4v) is 2.47. The monoisotopic (exact) mass is 318 g/mol. The van der Waals surface area contributed by atoms with E-state index in [1.54, 1.807) is 29.2 Å². The van der Waals surface area contributed by atoms with E-state index >= 15 is 0 Å². The second-order valence-corrected chi connectivity index (χ2v) is 5.27. The van der Waals surface area contributed by atoms with Gasteiger partial charge >= 0.3 is 6.03 Å². The van der Waals surface area contributed by atoms with Gasteiger partial charge in [0.1, 0.15) is 17.7 Å². The van der Waals surface area contributed by atoms with E-state index < -0.39 is 5.82 Å². The predicted octanol–water partition coefficient (Wildman–Crippen LogP) is 3.57. The first-order valence-electron chi connectivity index (χ1n) is 7.31. The molecular formula is C17H16F2N2O2. The Morgan fingerprint density at radius 1 is 1.13 bits per heavy atom. The quantitative estimate of drug-likeness (QED) is 0.920. The van der Waals surface area contributed by atoms with Gasteiger partial charge < -0.3 is 15.0 Å². The van der Waals surface area contributed by atoms with Crippen molar-refractivity contribution >= 4 is 11.7 Å². The van der Waals surface area contributed by atoms with Gasteiger partial charge in [-0.1, -0.05) is 24.3 Å². The minimum Gasteiger partial charge on any atom is -0.370 e. The molecule has 23 heavy (non-hydrogen) atoms. The van der Waals surface area contributed by atoms with Crippen molar-refractivity contribution in [3.8, 4) is 0 Å². The fraction of sp³-hybridized carbons (Fsp3) is 0.235. The van der Waals surface area contributed by atoms with E-state index in [1.165, 1.54) is 24.3 Å². The van der Waals surface area contributed by atoms with Gasteiger partial charge in [0.05, 0.1) is 18.8 Å². The van der Waals surface area contributed by atoms with E-state index in [-0.39, 0.29) is 23.6 Å². The summed E-state index contributed by atoms with van der Waals surface area (Å²) in [6.45, 7) is 1.11. The number of morpholine rings is 1. The molecular weight excluding hydrogens is 302 g/mol. The molecule has 1 fully saturated rings.